The van der Waals surface area contributed by atoms with Crippen molar-refractivity contribution in [2.24, 2.45) is 0 Å². The second kappa shape index (κ2) is 10.3. The monoisotopic (exact) mass is 551 g/mol. The normalized spacial score (nSPS) is 18.5. The topological polar surface area (TPSA) is 169 Å². The lowest BCUT2D eigenvalue weighted by Crippen LogP contribution is -2.32. The van der Waals surface area contributed by atoms with Gasteiger partial charge < -0.3 is 24.6 Å². The Morgan fingerprint density at radius 1 is 1.11 bits per heavy atom. The Morgan fingerprint density at radius 2 is 1.74 bits per heavy atom. The van der Waals surface area contributed by atoms with Gasteiger partial charge in [-0.1, -0.05) is 23.2 Å². The van der Waals surface area contributed by atoms with Crippen LogP contribution in [0, 0.1) is 5.82 Å². The van der Waals surface area contributed by atoms with Crippen LogP contribution in [0.1, 0.15) is 17.9 Å². The molecule has 14 heteroatoms. The van der Waals surface area contributed by atoms with Gasteiger partial charge in [-0.25, -0.2) is 4.39 Å². The molecule has 2 heterocycles. The Kier molecular flexibility index (Phi) is 7.96. The smallest absolute Gasteiger partial charge is 0.394 e. The molecule has 2 aromatic carbocycles. The molecule has 4 rings (SSSR count). The molecule has 0 aliphatic carbocycles. The van der Waals surface area contributed by atoms with E-state index in [2.05, 4.69) is 0 Å². The van der Waals surface area contributed by atoms with Crippen molar-refractivity contribution in [3.05, 3.63) is 55.9 Å². The van der Waals surface area contributed by atoms with E-state index in [0.29, 0.717) is 18.5 Å². The fourth-order valence-corrected chi connectivity index (χ4v) is 4.61. The Bertz CT molecular complexity index is 1440. The summed E-state index contributed by atoms with van der Waals surface area (Å²) in [6, 6.07) is 4.13. The zero-order valence-electron chi connectivity index (χ0n) is 17.9. The number of hydrogen-bond acceptors (Lipinski definition) is 8. The standard InChI is InChI=1S/C21H18Cl2FNO5.H2O4S/c1-25-3-2-9(14(25)8-26)19-15(27)6-16(28)20-17(29)7-18(30-21(19)20)10-4-13(24)12(23)5-11(10)22;1-5(2,3)4/h4-7,9,14,26-28H,2-3,8H2,1H3;(H2,1,2,3,4)/t9-,14+;/m1./s1. The van der Waals surface area contributed by atoms with E-state index in [0.717, 1.165) is 18.2 Å². The fraction of sp³-hybridized carbons (Fsp3) is 0.286. The third-order valence-corrected chi connectivity index (χ3v) is 6.26. The van der Waals surface area contributed by atoms with Crippen LogP contribution in [0.3, 0.4) is 0 Å². The molecule has 1 aliphatic heterocycles. The third-order valence-electron chi connectivity index (χ3n) is 5.65. The number of aliphatic hydroxyl groups excluding tert-OH is 1. The molecule has 35 heavy (non-hydrogen) atoms. The number of rotatable bonds is 3. The first kappa shape index (κ1) is 27.1. The highest BCUT2D eigenvalue weighted by Crippen LogP contribution is 2.44. The van der Waals surface area contributed by atoms with Crippen molar-refractivity contribution >= 4 is 44.6 Å². The molecule has 1 aliphatic rings. The van der Waals surface area contributed by atoms with Gasteiger partial charge in [-0.2, -0.15) is 8.42 Å². The highest BCUT2D eigenvalue weighted by molar-refractivity contribution is 7.79. The van der Waals surface area contributed by atoms with E-state index < -0.39 is 27.4 Å². The second-order valence-electron chi connectivity index (χ2n) is 7.83. The van der Waals surface area contributed by atoms with Gasteiger partial charge in [0.05, 0.1) is 16.7 Å². The molecule has 1 fully saturated rings. The van der Waals surface area contributed by atoms with E-state index in [1.165, 1.54) is 6.07 Å². The molecule has 190 valence electrons. The summed E-state index contributed by atoms with van der Waals surface area (Å²) in [7, 11) is -2.82. The second-order valence-corrected chi connectivity index (χ2v) is 9.54. The predicted octanol–water partition coefficient (Wildman–Crippen LogP) is 3.44. The minimum absolute atomic E-state index is 0.0276. The van der Waals surface area contributed by atoms with Crippen molar-refractivity contribution < 1.29 is 41.7 Å². The number of aromatic hydroxyl groups is 2. The lowest BCUT2D eigenvalue weighted by molar-refractivity contribution is 0.172. The molecule has 3 aromatic rings. The van der Waals surface area contributed by atoms with Gasteiger partial charge in [-0.05, 0) is 32.1 Å². The van der Waals surface area contributed by atoms with Crippen molar-refractivity contribution in [1.29, 1.82) is 0 Å². The number of phenols is 2. The number of phenolic OH excluding ortho intramolecular Hbond substituents is 2. The van der Waals surface area contributed by atoms with Crippen LogP contribution < -0.4 is 5.43 Å². The maximum atomic E-state index is 14.0. The summed E-state index contributed by atoms with van der Waals surface area (Å²) >= 11 is 11.9. The van der Waals surface area contributed by atoms with Crippen LogP contribution >= 0.6 is 23.2 Å². The van der Waals surface area contributed by atoms with Gasteiger partial charge in [0, 0.05) is 35.2 Å². The van der Waals surface area contributed by atoms with E-state index in [4.69, 9.17) is 45.1 Å². The Labute approximate surface area is 208 Å². The molecule has 10 nitrogen and oxygen atoms in total. The number of aliphatic hydroxyl groups is 1. The molecule has 1 aromatic heterocycles. The van der Waals surface area contributed by atoms with Gasteiger partial charge >= 0.3 is 10.4 Å². The Morgan fingerprint density at radius 3 is 2.34 bits per heavy atom. The largest absolute Gasteiger partial charge is 0.507 e. The Balaban J connectivity index is 0.000000623. The predicted molar refractivity (Wildman–Crippen MR) is 126 cm³/mol. The molecule has 0 bridgehead atoms. The summed E-state index contributed by atoms with van der Waals surface area (Å²) in [4.78, 5) is 14.8. The molecule has 1 saturated heterocycles. The Hall–Kier alpha value is -2.45. The van der Waals surface area contributed by atoms with Gasteiger partial charge in [0.25, 0.3) is 0 Å². The molecule has 0 unspecified atom stereocenters. The van der Waals surface area contributed by atoms with Crippen LogP contribution in [0.25, 0.3) is 22.3 Å². The number of hydrogen-bond donors (Lipinski definition) is 5. The van der Waals surface area contributed by atoms with Crippen LogP contribution in [0.15, 0.2) is 33.5 Å². The van der Waals surface area contributed by atoms with E-state index in [-0.39, 0.29) is 56.7 Å². The molecular weight excluding hydrogens is 532 g/mol. The molecule has 0 amide bonds. The van der Waals surface area contributed by atoms with Gasteiger partial charge in [-0.3, -0.25) is 13.9 Å². The van der Waals surface area contributed by atoms with E-state index in [1.54, 1.807) is 0 Å². The molecule has 0 radical (unpaired) electrons. The average molecular weight is 552 g/mol. The summed E-state index contributed by atoms with van der Waals surface area (Å²) in [6.45, 7) is 0.497. The number of nitrogens with zero attached hydrogens (tertiary/aromatic N) is 1. The van der Waals surface area contributed by atoms with Crippen LogP contribution in [0.2, 0.25) is 10.0 Å². The van der Waals surface area contributed by atoms with Crippen molar-refractivity contribution in [1.82, 2.24) is 4.90 Å². The van der Waals surface area contributed by atoms with Gasteiger partial charge in [-0.15, -0.1) is 0 Å². The first-order valence-electron chi connectivity index (χ1n) is 9.91. The molecule has 5 N–H and O–H groups in total. The number of fused-ring (bicyclic) bond motifs is 1. The minimum Gasteiger partial charge on any atom is -0.507 e. The zero-order valence-corrected chi connectivity index (χ0v) is 20.3. The summed E-state index contributed by atoms with van der Waals surface area (Å²) in [6.07, 6.45) is 0.597. The first-order valence-corrected chi connectivity index (χ1v) is 12.1. The van der Waals surface area contributed by atoms with Crippen molar-refractivity contribution in [3.63, 3.8) is 0 Å². The van der Waals surface area contributed by atoms with Crippen LogP contribution in [0.4, 0.5) is 4.39 Å². The molecule has 0 saturated carbocycles. The van der Waals surface area contributed by atoms with Gasteiger partial charge in [0.15, 0.2) is 5.43 Å². The summed E-state index contributed by atoms with van der Waals surface area (Å²) in [5.41, 5.74) is -0.201. The molecular formula is C21H20Cl2FNO9S. The van der Waals surface area contributed by atoms with Crippen LogP contribution in [-0.2, 0) is 10.4 Å². The molecule has 0 spiro atoms. The highest BCUT2D eigenvalue weighted by atomic mass is 35.5. The van der Waals surface area contributed by atoms with E-state index in [9.17, 15) is 24.5 Å². The first-order chi connectivity index (χ1) is 16.2. The summed E-state index contributed by atoms with van der Waals surface area (Å²) in [5, 5.41) is 30.5. The van der Waals surface area contributed by atoms with Crippen molar-refractivity contribution in [2.45, 2.75) is 18.4 Å². The number of halogens is 3. The summed E-state index contributed by atoms with van der Waals surface area (Å²) in [5.74, 6) is -1.82. The van der Waals surface area contributed by atoms with Gasteiger partial charge in [0.2, 0.25) is 0 Å². The van der Waals surface area contributed by atoms with Crippen molar-refractivity contribution in [2.75, 3.05) is 20.2 Å². The maximum Gasteiger partial charge on any atom is 0.394 e. The number of likely N-dealkylation sites (N-methyl/N-ethyl adjacent to an activating group) is 1. The minimum atomic E-state index is -4.67. The number of benzene rings is 2. The number of likely N-dealkylation sites (tertiary alicyclic amines) is 1. The molecule has 2 atom stereocenters. The van der Waals surface area contributed by atoms with Crippen LogP contribution in [-0.4, -0.2) is 64.0 Å². The van der Waals surface area contributed by atoms with Gasteiger partial charge in [0.1, 0.15) is 34.0 Å². The third kappa shape index (κ3) is 5.86. The van der Waals surface area contributed by atoms with Crippen molar-refractivity contribution in [3.8, 4) is 22.8 Å². The maximum absolute atomic E-state index is 14.0. The zero-order chi connectivity index (χ0) is 26.2. The summed E-state index contributed by atoms with van der Waals surface area (Å²) < 4.78 is 51.5. The van der Waals surface area contributed by atoms with E-state index in [1.807, 2.05) is 11.9 Å². The quantitative estimate of drug-likeness (QED) is 0.240. The average Bonchev–Trinajstić information content (AvgIpc) is 3.08. The highest BCUT2D eigenvalue weighted by Gasteiger charge is 2.36. The van der Waals surface area contributed by atoms with Crippen LogP contribution in [0.5, 0.6) is 11.5 Å². The fourth-order valence-electron chi connectivity index (χ4n) is 4.14. The SMILES string of the molecule is CN1CC[C@@H](c2c(O)cc(O)c3c(=O)cc(-c4cc(F)c(Cl)cc4Cl)oc23)[C@@H]1CO.O=S(=O)(O)O. The van der Waals surface area contributed by atoms with E-state index >= 15 is 0 Å². The lowest BCUT2D eigenvalue weighted by atomic mass is 9.89. The lowest BCUT2D eigenvalue weighted by Gasteiger charge is -2.24.